The highest BCUT2D eigenvalue weighted by atomic mass is 16.5. The third kappa shape index (κ3) is 7.33. The first-order valence-corrected chi connectivity index (χ1v) is 8.60. The molecule has 1 aromatic carbocycles. The fraction of sp³-hybridized carbons (Fsp3) is 0.450. The van der Waals surface area contributed by atoms with Crippen LogP contribution in [-0.2, 0) is 19.1 Å². The van der Waals surface area contributed by atoms with Gasteiger partial charge in [0.15, 0.2) is 0 Å². The van der Waals surface area contributed by atoms with Crippen LogP contribution in [0.4, 0.5) is 0 Å². The van der Waals surface area contributed by atoms with Crippen LogP contribution in [0.25, 0.3) is 6.08 Å². The first-order chi connectivity index (χ1) is 12.0. The van der Waals surface area contributed by atoms with Gasteiger partial charge in [0, 0.05) is 0 Å². The van der Waals surface area contributed by atoms with Crippen molar-refractivity contribution in [3.05, 3.63) is 41.5 Å². The van der Waals surface area contributed by atoms with Crippen molar-refractivity contribution in [3.63, 3.8) is 0 Å². The van der Waals surface area contributed by atoms with E-state index in [1.165, 1.54) is 6.92 Å². The van der Waals surface area contributed by atoms with Crippen LogP contribution >= 0.6 is 0 Å². The van der Waals surface area contributed by atoms with Gasteiger partial charge in [0.05, 0.1) is 18.8 Å². The van der Waals surface area contributed by atoms with Gasteiger partial charge in [-0.15, -0.1) is 0 Å². The lowest BCUT2D eigenvalue weighted by molar-refractivity contribution is -0.151. The second-order valence-corrected chi connectivity index (χ2v) is 5.67. The molecule has 136 valence electrons. The van der Waals surface area contributed by atoms with Crippen molar-refractivity contribution >= 4 is 23.8 Å². The van der Waals surface area contributed by atoms with E-state index in [4.69, 9.17) is 9.47 Å². The zero-order valence-corrected chi connectivity index (χ0v) is 15.1. The molecule has 0 spiro atoms. The molecule has 5 nitrogen and oxygen atoms in total. The molecule has 0 bridgehead atoms. The van der Waals surface area contributed by atoms with Crippen molar-refractivity contribution in [3.8, 4) is 0 Å². The summed E-state index contributed by atoms with van der Waals surface area (Å²) >= 11 is 0. The highest BCUT2D eigenvalue weighted by Crippen LogP contribution is 2.13. The maximum Gasteiger partial charge on any atom is 0.338 e. The second-order valence-electron chi connectivity index (χ2n) is 5.67. The lowest BCUT2D eigenvalue weighted by Gasteiger charge is -2.11. The van der Waals surface area contributed by atoms with Gasteiger partial charge < -0.3 is 9.47 Å². The Balaban J connectivity index is 2.70. The number of ether oxygens (including phenoxy) is 2. The molecule has 1 atom stereocenters. The minimum Gasteiger partial charge on any atom is -0.465 e. The van der Waals surface area contributed by atoms with Gasteiger partial charge in [-0.25, -0.2) is 4.79 Å². The van der Waals surface area contributed by atoms with Crippen molar-refractivity contribution in [1.82, 2.24) is 0 Å². The van der Waals surface area contributed by atoms with E-state index < -0.39 is 11.9 Å². The highest BCUT2D eigenvalue weighted by molar-refractivity contribution is 5.98. The number of hydrogen-bond acceptors (Lipinski definition) is 5. The van der Waals surface area contributed by atoms with E-state index in [0.29, 0.717) is 18.8 Å². The van der Waals surface area contributed by atoms with Crippen LogP contribution in [0.2, 0.25) is 0 Å². The van der Waals surface area contributed by atoms with Gasteiger partial charge in [0.25, 0.3) is 0 Å². The van der Waals surface area contributed by atoms with Crippen molar-refractivity contribution < 1.29 is 23.9 Å². The average Bonchev–Trinajstić information content (AvgIpc) is 2.59. The summed E-state index contributed by atoms with van der Waals surface area (Å²) in [7, 11) is 0. The first-order valence-electron chi connectivity index (χ1n) is 8.60. The molecule has 0 saturated heterocycles. The molecule has 0 aliphatic heterocycles. The summed E-state index contributed by atoms with van der Waals surface area (Å²) in [6.07, 6.45) is 5.50. The number of ketones is 1. The molecule has 0 aliphatic rings. The quantitative estimate of drug-likeness (QED) is 0.366. The molecule has 0 aliphatic carbocycles. The molecule has 0 heterocycles. The van der Waals surface area contributed by atoms with Gasteiger partial charge in [-0.3, -0.25) is 9.59 Å². The fourth-order valence-corrected chi connectivity index (χ4v) is 2.17. The molecule has 0 aromatic heterocycles. The SMILES string of the molecule is CCCCOC(=O)C(C/C=C\c1cccc(C(=O)OCC)c1)C(C)=O. The molecule has 0 saturated carbocycles. The van der Waals surface area contributed by atoms with Crippen molar-refractivity contribution in [2.45, 2.75) is 40.0 Å². The Morgan fingerprint density at radius 3 is 2.56 bits per heavy atom. The van der Waals surface area contributed by atoms with Crippen LogP contribution in [0.5, 0.6) is 0 Å². The largest absolute Gasteiger partial charge is 0.465 e. The Morgan fingerprint density at radius 1 is 1.16 bits per heavy atom. The molecule has 1 unspecified atom stereocenters. The summed E-state index contributed by atoms with van der Waals surface area (Å²) in [5.41, 5.74) is 1.26. The third-order valence-electron chi connectivity index (χ3n) is 3.60. The standard InChI is InChI=1S/C20H26O5/c1-4-6-13-25-20(23)18(15(3)21)12-8-10-16-9-7-11-17(14-16)19(22)24-5-2/h7-11,14,18H,4-6,12-13H2,1-3H3/b10-8-. The van der Waals surface area contributed by atoms with E-state index in [-0.39, 0.29) is 18.2 Å². The summed E-state index contributed by atoms with van der Waals surface area (Å²) in [6, 6.07) is 6.98. The lowest BCUT2D eigenvalue weighted by Crippen LogP contribution is -2.24. The summed E-state index contributed by atoms with van der Waals surface area (Å²) in [6.45, 7) is 5.80. The minimum absolute atomic E-state index is 0.216. The molecule has 1 rings (SSSR count). The van der Waals surface area contributed by atoms with E-state index in [1.54, 1.807) is 37.3 Å². The number of rotatable bonds is 10. The number of carbonyl (C=O) groups is 3. The van der Waals surface area contributed by atoms with E-state index in [9.17, 15) is 14.4 Å². The van der Waals surface area contributed by atoms with E-state index in [1.807, 2.05) is 13.0 Å². The smallest absolute Gasteiger partial charge is 0.338 e. The predicted molar refractivity (Wildman–Crippen MR) is 96.1 cm³/mol. The van der Waals surface area contributed by atoms with Gasteiger partial charge in [0.1, 0.15) is 11.7 Å². The lowest BCUT2D eigenvalue weighted by atomic mass is 10.0. The number of hydrogen-bond donors (Lipinski definition) is 0. The van der Waals surface area contributed by atoms with Crippen molar-refractivity contribution in [1.29, 1.82) is 0 Å². The molecule has 25 heavy (non-hydrogen) atoms. The molecule has 0 radical (unpaired) electrons. The molecule has 0 amide bonds. The number of allylic oxidation sites excluding steroid dienone is 1. The Morgan fingerprint density at radius 2 is 1.92 bits per heavy atom. The van der Waals surface area contributed by atoms with Crippen LogP contribution in [0.15, 0.2) is 30.3 Å². The molecular formula is C20H26O5. The van der Waals surface area contributed by atoms with E-state index >= 15 is 0 Å². The molecule has 0 fully saturated rings. The summed E-state index contributed by atoms with van der Waals surface area (Å²) in [5, 5.41) is 0. The monoisotopic (exact) mass is 346 g/mol. The maximum atomic E-state index is 12.0. The predicted octanol–water partition coefficient (Wildman–Crippen LogP) is 3.82. The Bertz CT molecular complexity index is 618. The second kappa shape index (κ2) is 11.2. The number of unbranched alkanes of at least 4 members (excludes halogenated alkanes) is 1. The average molecular weight is 346 g/mol. The van der Waals surface area contributed by atoms with Crippen molar-refractivity contribution in [2.75, 3.05) is 13.2 Å². The summed E-state index contributed by atoms with van der Waals surface area (Å²) in [4.78, 5) is 35.4. The number of Topliss-reactive ketones (excluding diaryl/α,β-unsaturated/α-hetero) is 1. The van der Waals surface area contributed by atoms with E-state index in [2.05, 4.69) is 0 Å². The third-order valence-corrected chi connectivity index (χ3v) is 3.60. The van der Waals surface area contributed by atoms with Crippen LogP contribution in [0.3, 0.4) is 0 Å². The number of esters is 2. The van der Waals surface area contributed by atoms with Crippen LogP contribution in [-0.4, -0.2) is 30.9 Å². The summed E-state index contributed by atoms with van der Waals surface area (Å²) < 4.78 is 10.1. The van der Waals surface area contributed by atoms with Crippen LogP contribution in [0, 0.1) is 5.92 Å². The molecule has 1 aromatic rings. The Labute approximate surface area is 149 Å². The van der Waals surface area contributed by atoms with Gasteiger partial charge in [-0.2, -0.15) is 0 Å². The van der Waals surface area contributed by atoms with Crippen molar-refractivity contribution in [2.24, 2.45) is 5.92 Å². The van der Waals surface area contributed by atoms with Gasteiger partial charge in [-0.05, 0) is 44.4 Å². The summed E-state index contributed by atoms with van der Waals surface area (Å²) in [5.74, 6) is -1.86. The van der Waals surface area contributed by atoms with E-state index in [0.717, 1.165) is 18.4 Å². The zero-order valence-electron chi connectivity index (χ0n) is 15.1. The van der Waals surface area contributed by atoms with Gasteiger partial charge in [-0.1, -0.05) is 37.6 Å². The zero-order chi connectivity index (χ0) is 18.7. The fourth-order valence-electron chi connectivity index (χ4n) is 2.17. The maximum absolute atomic E-state index is 12.0. The van der Waals surface area contributed by atoms with Crippen LogP contribution in [0.1, 0.15) is 56.0 Å². The molecule has 0 N–H and O–H groups in total. The molecular weight excluding hydrogens is 320 g/mol. The van der Waals surface area contributed by atoms with Gasteiger partial charge in [0.2, 0.25) is 0 Å². The minimum atomic E-state index is -0.790. The number of benzene rings is 1. The topological polar surface area (TPSA) is 69.7 Å². The normalized spacial score (nSPS) is 12.0. The molecule has 5 heteroatoms. The number of carbonyl (C=O) groups excluding carboxylic acids is 3. The van der Waals surface area contributed by atoms with Crippen LogP contribution < -0.4 is 0 Å². The Kier molecular flexibility index (Phi) is 9.22. The Hall–Kier alpha value is -2.43. The first kappa shape index (κ1) is 20.6. The van der Waals surface area contributed by atoms with Gasteiger partial charge >= 0.3 is 11.9 Å². The highest BCUT2D eigenvalue weighted by Gasteiger charge is 2.23.